The van der Waals surface area contributed by atoms with Crippen LogP contribution < -0.4 is 9.47 Å². The van der Waals surface area contributed by atoms with Crippen molar-refractivity contribution in [3.8, 4) is 11.5 Å². The molecule has 1 aromatic carbocycles. The fourth-order valence-corrected chi connectivity index (χ4v) is 1.39. The number of benzene rings is 1. The number of rotatable bonds is 1. The first kappa shape index (κ1) is 8.10. The average Bonchev–Trinajstić information content (AvgIpc) is 2.43. The highest BCUT2D eigenvalue weighted by Gasteiger charge is 2.28. The van der Waals surface area contributed by atoms with E-state index < -0.39 is 0 Å². The van der Waals surface area contributed by atoms with Crippen molar-refractivity contribution in [2.75, 3.05) is 7.11 Å². The van der Waals surface area contributed by atoms with Gasteiger partial charge in [0.05, 0.1) is 12.7 Å². The van der Waals surface area contributed by atoms with E-state index in [1.165, 1.54) is 0 Å². The summed E-state index contributed by atoms with van der Waals surface area (Å²) in [5, 5.41) is 0. The zero-order chi connectivity index (χ0) is 9.42. The van der Waals surface area contributed by atoms with Crippen molar-refractivity contribution < 1.29 is 14.3 Å². The lowest BCUT2D eigenvalue weighted by molar-refractivity contribution is 0.0878. The fourth-order valence-electron chi connectivity index (χ4n) is 1.39. The van der Waals surface area contributed by atoms with Crippen LogP contribution in [0, 0.1) is 0 Å². The lowest BCUT2D eigenvalue weighted by Gasteiger charge is -2.01. The third kappa shape index (κ3) is 1.16. The van der Waals surface area contributed by atoms with E-state index in [-0.39, 0.29) is 11.9 Å². The molecular formula is C10H10O3. The molecule has 1 unspecified atom stereocenters. The minimum absolute atomic E-state index is 0.0221. The van der Waals surface area contributed by atoms with Crippen LogP contribution in [0.2, 0.25) is 0 Å². The summed E-state index contributed by atoms with van der Waals surface area (Å²) in [6, 6.07) is 5.25. The van der Waals surface area contributed by atoms with Crippen molar-refractivity contribution in [2.24, 2.45) is 0 Å². The molecule has 2 rings (SSSR count). The van der Waals surface area contributed by atoms with Crippen molar-refractivity contribution in [1.82, 2.24) is 0 Å². The molecule has 1 aliphatic heterocycles. The molecule has 0 aromatic heterocycles. The van der Waals surface area contributed by atoms with Gasteiger partial charge in [0.15, 0.2) is 6.10 Å². The first-order valence-electron chi connectivity index (χ1n) is 4.11. The van der Waals surface area contributed by atoms with Gasteiger partial charge in [-0.15, -0.1) is 0 Å². The number of ketones is 1. The molecule has 0 fully saturated rings. The molecule has 1 heterocycles. The molecule has 0 saturated carbocycles. The summed E-state index contributed by atoms with van der Waals surface area (Å²) >= 11 is 0. The Bertz CT molecular complexity index is 357. The van der Waals surface area contributed by atoms with Crippen LogP contribution in [0.15, 0.2) is 18.2 Å². The third-order valence-electron chi connectivity index (χ3n) is 2.13. The lowest BCUT2D eigenvalue weighted by Crippen LogP contribution is -2.14. The maximum Gasteiger partial charge on any atom is 0.206 e. The highest BCUT2D eigenvalue weighted by atomic mass is 16.5. The Labute approximate surface area is 76.3 Å². The first-order chi connectivity index (χ1) is 6.22. The van der Waals surface area contributed by atoms with Gasteiger partial charge in [0.2, 0.25) is 5.78 Å². The average molecular weight is 178 g/mol. The van der Waals surface area contributed by atoms with Gasteiger partial charge >= 0.3 is 0 Å². The van der Waals surface area contributed by atoms with Gasteiger partial charge in [0.1, 0.15) is 11.5 Å². The molecule has 0 spiro atoms. The molecule has 3 nitrogen and oxygen atoms in total. The van der Waals surface area contributed by atoms with E-state index in [0.29, 0.717) is 17.1 Å². The smallest absolute Gasteiger partial charge is 0.206 e. The number of Topliss-reactive ketones (excluding diaryl/α,β-unsaturated/α-hetero) is 1. The Kier molecular flexibility index (Phi) is 1.72. The van der Waals surface area contributed by atoms with Gasteiger partial charge in [-0.3, -0.25) is 4.79 Å². The zero-order valence-corrected chi connectivity index (χ0v) is 7.53. The molecule has 3 heteroatoms. The number of hydrogen-bond acceptors (Lipinski definition) is 3. The summed E-state index contributed by atoms with van der Waals surface area (Å²) in [4.78, 5) is 11.5. The monoisotopic (exact) mass is 178 g/mol. The van der Waals surface area contributed by atoms with Gasteiger partial charge in [-0.25, -0.2) is 0 Å². The maximum absolute atomic E-state index is 11.5. The number of methoxy groups -OCH3 is 1. The standard InChI is InChI=1S/C10H10O3/c1-6-10(11)8-5-7(12-2)3-4-9(8)13-6/h3-6H,1-2H3. The van der Waals surface area contributed by atoms with Crippen molar-refractivity contribution >= 4 is 5.78 Å². The summed E-state index contributed by atoms with van der Waals surface area (Å²) in [6.07, 6.45) is -0.359. The number of fused-ring (bicyclic) bond motifs is 1. The van der Waals surface area contributed by atoms with Gasteiger partial charge in [0, 0.05) is 0 Å². The van der Waals surface area contributed by atoms with E-state index >= 15 is 0 Å². The summed E-state index contributed by atoms with van der Waals surface area (Å²) in [5.74, 6) is 1.36. The minimum Gasteiger partial charge on any atom is -0.497 e. The molecular weight excluding hydrogens is 168 g/mol. The number of hydrogen-bond donors (Lipinski definition) is 0. The lowest BCUT2D eigenvalue weighted by atomic mass is 10.1. The quantitative estimate of drug-likeness (QED) is 0.656. The zero-order valence-electron chi connectivity index (χ0n) is 7.53. The molecule has 13 heavy (non-hydrogen) atoms. The van der Waals surface area contributed by atoms with Crippen molar-refractivity contribution in [3.05, 3.63) is 23.8 Å². The molecule has 0 amide bonds. The topological polar surface area (TPSA) is 35.5 Å². The second-order valence-corrected chi connectivity index (χ2v) is 2.99. The molecule has 1 aromatic rings. The fraction of sp³-hybridized carbons (Fsp3) is 0.300. The SMILES string of the molecule is COc1ccc2c(c1)C(=O)C(C)O2. The highest BCUT2D eigenvalue weighted by Crippen LogP contribution is 2.31. The van der Waals surface area contributed by atoms with Crippen LogP contribution in [0.5, 0.6) is 11.5 Å². The van der Waals surface area contributed by atoms with E-state index in [1.807, 2.05) is 0 Å². The van der Waals surface area contributed by atoms with E-state index in [1.54, 1.807) is 32.2 Å². The van der Waals surface area contributed by atoms with Crippen molar-refractivity contribution in [3.63, 3.8) is 0 Å². The first-order valence-corrected chi connectivity index (χ1v) is 4.11. The number of ether oxygens (including phenoxy) is 2. The van der Waals surface area contributed by atoms with Crippen LogP contribution in [0.1, 0.15) is 17.3 Å². The second-order valence-electron chi connectivity index (χ2n) is 2.99. The van der Waals surface area contributed by atoms with Gasteiger partial charge < -0.3 is 9.47 Å². The molecule has 1 aliphatic rings. The predicted molar refractivity (Wildman–Crippen MR) is 47.4 cm³/mol. The Hall–Kier alpha value is -1.51. The van der Waals surface area contributed by atoms with Crippen LogP contribution in [0.4, 0.5) is 0 Å². The number of carbonyl (C=O) groups is 1. The molecule has 1 atom stereocenters. The van der Waals surface area contributed by atoms with E-state index in [9.17, 15) is 4.79 Å². The van der Waals surface area contributed by atoms with E-state index in [0.717, 1.165) is 0 Å². The highest BCUT2D eigenvalue weighted by molar-refractivity contribution is 6.04. The van der Waals surface area contributed by atoms with Crippen molar-refractivity contribution in [2.45, 2.75) is 13.0 Å². The Morgan fingerprint density at radius 1 is 1.46 bits per heavy atom. The van der Waals surface area contributed by atoms with Crippen LogP contribution in [-0.4, -0.2) is 19.0 Å². The molecule has 68 valence electrons. The summed E-state index contributed by atoms with van der Waals surface area (Å²) < 4.78 is 10.3. The Morgan fingerprint density at radius 2 is 2.23 bits per heavy atom. The van der Waals surface area contributed by atoms with Crippen molar-refractivity contribution in [1.29, 1.82) is 0 Å². The summed E-state index contributed by atoms with van der Waals surface area (Å²) in [5.41, 5.74) is 0.617. The minimum atomic E-state index is -0.359. The summed E-state index contributed by atoms with van der Waals surface area (Å²) in [6.45, 7) is 1.74. The van der Waals surface area contributed by atoms with Crippen LogP contribution >= 0.6 is 0 Å². The van der Waals surface area contributed by atoms with E-state index in [2.05, 4.69) is 0 Å². The van der Waals surface area contributed by atoms with Crippen LogP contribution in [0.3, 0.4) is 0 Å². The largest absolute Gasteiger partial charge is 0.497 e. The molecule has 0 N–H and O–H groups in total. The molecule has 0 bridgehead atoms. The molecule has 0 radical (unpaired) electrons. The molecule has 0 aliphatic carbocycles. The van der Waals surface area contributed by atoms with E-state index in [4.69, 9.17) is 9.47 Å². The third-order valence-corrected chi connectivity index (χ3v) is 2.13. The molecule has 0 saturated heterocycles. The van der Waals surface area contributed by atoms with Gasteiger partial charge in [0.25, 0.3) is 0 Å². The number of carbonyl (C=O) groups excluding carboxylic acids is 1. The summed E-state index contributed by atoms with van der Waals surface area (Å²) in [7, 11) is 1.57. The Morgan fingerprint density at radius 3 is 2.92 bits per heavy atom. The predicted octanol–water partition coefficient (Wildman–Crippen LogP) is 1.66. The van der Waals surface area contributed by atoms with Gasteiger partial charge in [-0.05, 0) is 25.1 Å². The van der Waals surface area contributed by atoms with Gasteiger partial charge in [-0.2, -0.15) is 0 Å². The van der Waals surface area contributed by atoms with Gasteiger partial charge in [-0.1, -0.05) is 0 Å². The maximum atomic E-state index is 11.5. The van der Waals surface area contributed by atoms with Crippen LogP contribution in [-0.2, 0) is 0 Å². The van der Waals surface area contributed by atoms with Crippen LogP contribution in [0.25, 0.3) is 0 Å². The second kappa shape index (κ2) is 2.76. The Balaban J connectivity index is 2.48. The normalized spacial score (nSPS) is 19.5.